The minimum Gasteiger partial charge on any atom is -0.267 e. The lowest BCUT2D eigenvalue weighted by Crippen LogP contribution is -2.52. The Morgan fingerprint density at radius 3 is 2.32 bits per heavy atom. The number of nitrogens with zero attached hydrogens (tertiary/aromatic N) is 3. The SMILES string of the molecule is Cn1nc(-c2ccc3c(c2)C[C@H]2CC[C@H](C3)[C@@]23CN(CC(F)(F)F)S(=O)(=O)N3)cc1-c1ccc(F)cc1. The summed E-state index contributed by atoms with van der Waals surface area (Å²) in [5.41, 5.74) is 4.61. The van der Waals surface area contributed by atoms with Gasteiger partial charge in [0.1, 0.15) is 12.4 Å². The topological polar surface area (TPSA) is 67.2 Å². The smallest absolute Gasteiger partial charge is 0.267 e. The number of rotatable bonds is 3. The van der Waals surface area contributed by atoms with E-state index in [1.807, 2.05) is 25.2 Å². The van der Waals surface area contributed by atoms with Gasteiger partial charge in [-0.1, -0.05) is 12.1 Å². The molecular weight excluding hydrogens is 508 g/mol. The van der Waals surface area contributed by atoms with Gasteiger partial charge < -0.3 is 0 Å². The van der Waals surface area contributed by atoms with Crippen molar-refractivity contribution in [1.82, 2.24) is 18.8 Å². The molecular formula is C26H26F4N4O2S. The molecule has 2 bridgehead atoms. The molecule has 37 heavy (non-hydrogen) atoms. The number of fused-ring (bicyclic) bond motifs is 1. The fraction of sp³-hybridized carbons (Fsp3) is 0.423. The average molecular weight is 535 g/mol. The highest BCUT2D eigenvalue weighted by molar-refractivity contribution is 7.87. The molecule has 2 heterocycles. The predicted molar refractivity (Wildman–Crippen MR) is 130 cm³/mol. The Kier molecular flexibility index (Phi) is 5.56. The van der Waals surface area contributed by atoms with Gasteiger partial charge in [0.25, 0.3) is 10.2 Å². The van der Waals surface area contributed by atoms with E-state index < -0.39 is 28.5 Å². The third kappa shape index (κ3) is 4.26. The Morgan fingerprint density at radius 1 is 1.00 bits per heavy atom. The first-order valence-electron chi connectivity index (χ1n) is 12.2. The van der Waals surface area contributed by atoms with Crippen molar-refractivity contribution in [3.63, 3.8) is 0 Å². The average Bonchev–Trinajstić information content (AvgIpc) is 3.38. The number of aryl methyl sites for hydroxylation is 1. The molecule has 6 rings (SSSR count). The maximum atomic E-state index is 13.4. The summed E-state index contributed by atoms with van der Waals surface area (Å²) in [5, 5.41) is 4.65. The number of halogens is 4. The summed E-state index contributed by atoms with van der Waals surface area (Å²) in [6, 6.07) is 14.2. The van der Waals surface area contributed by atoms with E-state index in [2.05, 4.69) is 15.9 Å². The van der Waals surface area contributed by atoms with Gasteiger partial charge in [-0.3, -0.25) is 4.68 Å². The number of aromatic nitrogens is 2. The number of hydrogen-bond donors (Lipinski definition) is 1. The molecule has 2 aliphatic carbocycles. The van der Waals surface area contributed by atoms with E-state index in [0.717, 1.165) is 46.5 Å². The van der Waals surface area contributed by atoms with Crippen LogP contribution in [0, 0.1) is 17.7 Å². The normalized spacial score (nSPS) is 26.9. The van der Waals surface area contributed by atoms with Crippen LogP contribution in [0.2, 0.25) is 0 Å². The van der Waals surface area contributed by atoms with Crippen molar-refractivity contribution >= 4 is 10.2 Å². The van der Waals surface area contributed by atoms with Crippen LogP contribution >= 0.6 is 0 Å². The molecule has 0 unspecified atom stereocenters. The van der Waals surface area contributed by atoms with Crippen molar-refractivity contribution in [3.8, 4) is 22.5 Å². The summed E-state index contributed by atoms with van der Waals surface area (Å²) in [5.74, 6) is -0.479. The molecule has 1 spiro atoms. The molecule has 1 saturated heterocycles. The highest BCUT2D eigenvalue weighted by Crippen LogP contribution is 2.50. The summed E-state index contributed by atoms with van der Waals surface area (Å²) in [7, 11) is -2.39. The highest BCUT2D eigenvalue weighted by atomic mass is 32.2. The first-order chi connectivity index (χ1) is 17.4. The van der Waals surface area contributed by atoms with Gasteiger partial charge in [0.2, 0.25) is 0 Å². The van der Waals surface area contributed by atoms with Crippen molar-refractivity contribution in [3.05, 3.63) is 65.5 Å². The van der Waals surface area contributed by atoms with E-state index in [9.17, 15) is 26.0 Å². The van der Waals surface area contributed by atoms with E-state index >= 15 is 0 Å². The molecule has 196 valence electrons. The Bertz CT molecular complexity index is 1470. The highest BCUT2D eigenvalue weighted by Gasteiger charge is 2.60. The summed E-state index contributed by atoms with van der Waals surface area (Å²) < 4.78 is 83.1. The number of hydrogen-bond acceptors (Lipinski definition) is 3. The van der Waals surface area contributed by atoms with Crippen LogP contribution in [0.4, 0.5) is 17.6 Å². The molecule has 6 nitrogen and oxygen atoms in total. The standard InChI is InChI=1S/C26H26F4N4O2S/c1-33-24(16-4-8-22(27)9-5-16)13-23(31-33)18-3-2-17-11-20-6-7-21(12-19(17)10-18)25(20)14-34(15-26(28,29)30)37(35,36)32-25/h2-5,8-10,13,20-21,32H,6-7,11-12,14-15H2,1H3/t20-,21-,25+/m1/s1. The molecule has 1 aliphatic heterocycles. The first-order valence-corrected chi connectivity index (χ1v) is 13.7. The minimum absolute atomic E-state index is 0.0717. The van der Waals surface area contributed by atoms with Crippen LogP contribution in [0.15, 0.2) is 48.5 Å². The summed E-state index contributed by atoms with van der Waals surface area (Å²) in [6.45, 7) is -1.64. The van der Waals surface area contributed by atoms with Crippen LogP contribution in [0.3, 0.4) is 0 Å². The van der Waals surface area contributed by atoms with Crippen LogP contribution in [-0.2, 0) is 30.1 Å². The third-order valence-corrected chi connectivity index (χ3v) is 9.80. The summed E-state index contributed by atoms with van der Waals surface area (Å²) >= 11 is 0. The van der Waals surface area contributed by atoms with E-state index in [-0.39, 0.29) is 24.2 Å². The molecule has 1 saturated carbocycles. The maximum Gasteiger partial charge on any atom is 0.402 e. The second kappa shape index (κ2) is 8.37. The van der Waals surface area contributed by atoms with Crippen molar-refractivity contribution < 1.29 is 26.0 Å². The second-order valence-electron chi connectivity index (χ2n) is 10.4. The summed E-state index contributed by atoms with van der Waals surface area (Å²) in [4.78, 5) is 0. The van der Waals surface area contributed by atoms with Gasteiger partial charge >= 0.3 is 6.18 Å². The summed E-state index contributed by atoms with van der Waals surface area (Å²) in [6.07, 6.45) is -1.88. The number of benzene rings is 2. The van der Waals surface area contributed by atoms with Crippen molar-refractivity contribution in [1.29, 1.82) is 0 Å². The zero-order valence-corrected chi connectivity index (χ0v) is 20.9. The van der Waals surface area contributed by atoms with Gasteiger partial charge in [0.15, 0.2) is 0 Å². The molecule has 0 amide bonds. The lowest BCUT2D eigenvalue weighted by atomic mass is 9.79. The molecule has 11 heteroatoms. The van der Waals surface area contributed by atoms with E-state index in [1.165, 1.54) is 12.1 Å². The molecule has 1 aromatic heterocycles. The van der Waals surface area contributed by atoms with Crippen molar-refractivity contribution in [2.45, 2.75) is 37.4 Å². The molecule has 1 N–H and O–H groups in total. The van der Waals surface area contributed by atoms with E-state index in [0.29, 0.717) is 17.1 Å². The van der Waals surface area contributed by atoms with Crippen LogP contribution < -0.4 is 4.72 Å². The predicted octanol–water partition coefficient (Wildman–Crippen LogP) is 4.47. The molecule has 3 aromatic rings. The zero-order valence-electron chi connectivity index (χ0n) is 20.1. The lowest BCUT2D eigenvalue weighted by Gasteiger charge is -2.33. The van der Waals surface area contributed by atoms with Gasteiger partial charge in [0, 0.05) is 19.2 Å². The van der Waals surface area contributed by atoms with Gasteiger partial charge in [0.05, 0.1) is 16.9 Å². The Hall–Kier alpha value is -2.76. The fourth-order valence-corrected chi connectivity index (χ4v) is 8.21. The number of nitrogens with one attached hydrogen (secondary N) is 1. The van der Waals surface area contributed by atoms with Crippen LogP contribution in [0.5, 0.6) is 0 Å². The van der Waals surface area contributed by atoms with Gasteiger partial charge in [-0.15, -0.1) is 0 Å². The second-order valence-corrected chi connectivity index (χ2v) is 12.1. The van der Waals surface area contributed by atoms with Gasteiger partial charge in [-0.25, -0.2) is 4.39 Å². The number of alkyl halides is 3. The third-order valence-electron chi connectivity index (χ3n) is 8.23. The van der Waals surface area contributed by atoms with Gasteiger partial charge in [-0.2, -0.15) is 35.7 Å². The van der Waals surface area contributed by atoms with Crippen molar-refractivity contribution in [2.24, 2.45) is 18.9 Å². The maximum absolute atomic E-state index is 13.4. The largest absolute Gasteiger partial charge is 0.402 e. The Morgan fingerprint density at radius 2 is 1.65 bits per heavy atom. The Labute approximate surface area is 212 Å². The van der Waals surface area contributed by atoms with Crippen LogP contribution in [0.25, 0.3) is 22.5 Å². The lowest BCUT2D eigenvalue weighted by molar-refractivity contribution is -0.136. The minimum atomic E-state index is -4.60. The van der Waals surface area contributed by atoms with E-state index in [1.54, 1.807) is 16.8 Å². The molecule has 2 fully saturated rings. The monoisotopic (exact) mass is 534 g/mol. The quantitative estimate of drug-likeness (QED) is 0.505. The molecule has 0 radical (unpaired) electrons. The molecule has 2 aromatic carbocycles. The Balaban J connectivity index is 1.31. The van der Waals surface area contributed by atoms with Crippen LogP contribution in [0.1, 0.15) is 24.0 Å². The van der Waals surface area contributed by atoms with E-state index in [4.69, 9.17) is 0 Å². The fourth-order valence-electron chi connectivity index (χ4n) is 6.50. The van der Waals surface area contributed by atoms with Crippen molar-refractivity contribution in [2.75, 3.05) is 13.1 Å². The van der Waals surface area contributed by atoms with Gasteiger partial charge in [-0.05, 0) is 90.6 Å². The van der Waals surface area contributed by atoms with Crippen LogP contribution in [-0.4, -0.2) is 47.3 Å². The molecule has 3 atom stereocenters. The zero-order chi connectivity index (χ0) is 26.2. The first kappa shape index (κ1) is 24.6. The molecule has 3 aliphatic rings.